The van der Waals surface area contributed by atoms with Gasteiger partial charge in [0.05, 0.1) is 6.10 Å². The fourth-order valence-corrected chi connectivity index (χ4v) is 2.65. The Hall–Kier alpha value is -0.930. The molecule has 1 aromatic rings. The monoisotopic (exact) mass is 251 g/mol. The van der Waals surface area contributed by atoms with E-state index in [2.05, 4.69) is 12.2 Å². The Balaban J connectivity index is 2.14. The molecule has 2 unspecified atom stereocenters. The fourth-order valence-electron chi connectivity index (χ4n) is 2.65. The minimum atomic E-state index is -0.161. The van der Waals surface area contributed by atoms with E-state index in [4.69, 9.17) is 4.74 Å². The quantitative estimate of drug-likeness (QED) is 0.866. The normalized spacial score (nSPS) is 21.2. The Bertz CT molecular complexity index is 388. The molecule has 100 valence electrons. The van der Waals surface area contributed by atoms with Crippen LogP contribution in [0.4, 0.5) is 4.39 Å². The number of halogens is 1. The highest BCUT2D eigenvalue weighted by atomic mass is 19.1. The second kappa shape index (κ2) is 6.30. The summed E-state index contributed by atoms with van der Waals surface area (Å²) >= 11 is 0. The summed E-state index contributed by atoms with van der Waals surface area (Å²) in [6, 6.07) is 5.21. The van der Waals surface area contributed by atoms with Crippen molar-refractivity contribution < 1.29 is 9.13 Å². The van der Waals surface area contributed by atoms with Gasteiger partial charge in [-0.05, 0) is 56.0 Å². The lowest BCUT2D eigenvalue weighted by atomic mass is 9.95. The van der Waals surface area contributed by atoms with Crippen molar-refractivity contribution in [1.29, 1.82) is 0 Å². The van der Waals surface area contributed by atoms with Crippen molar-refractivity contribution in [3.63, 3.8) is 0 Å². The Kier molecular flexibility index (Phi) is 4.72. The van der Waals surface area contributed by atoms with Gasteiger partial charge in [-0.15, -0.1) is 0 Å². The van der Waals surface area contributed by atoms with E-state index in [1.165, 1.54) is 6.07 Å². The van der Waals surface area contributed by atoms with Crippen LogP contribution in [0.5, 0.6) is 0 Å². The topological polar surface area (TPSA) is 21.3 Å². The van der Waals surface area contributed by atoms with E-state index in [1.807, 2.05) is 13.0 Å². The maximum absolute atomic E-state index is 13.4. The maximum Gasteiger partial charge on any atom is 0.123 e. The molecular weight excluding hydrogens is 229 g/mol. The van der Waals surface area contributed by atoms with Crippen molar-refractivity contribution in [2.45, 2.75) is 45.3 Å². The Morgan fingerprint density at radius 1 is 1.50 bits per heavy atom. The number of ether oxygens (including phenoxy) is 1. The summed E-state index contributed by atoms with van der Waals surface area (Å²) in [5.74, 6) is -0.161. The summed E-state index contributed by atoms with van der Waals surface area (Å²) in [6.45, 7) is 5.87. The highest BCUT2D eigenvalue weighted by Crippen LogP contribution is 2.27. The molecular formula is C15H22FNO. The average molecular weight is 251 g/mol. The van der Waals surface area contributed by atoms with Crippen LogP contribution in [0, 0.1) is 12.7 Å². The smallest absolute Gasteiger partial charge is 0.123 e. The van der Waals surface area contributed by atoms with Crippen molar-refractivity contribution in [2.24, 2.45) is 0 Å². The van der Waals surface area contributed by atoms with Crippen LogP contribution in [0.25, 0.3) is 0 Å². The molecule has 0 spiro atoms. The van der Waals surface area contributed by atoms with Crippen molar-refractivity contribution in [3.05, 3.63) is 35.1 Å². The van der Waals surface area contributed by atoms with Gasteiger partial charge in [0.25, 0.3) is 0 Å². The third-order valence-electron chi connectivity index (χ3n) is 3.59. The lowest BCUT2D eigenvalue weighted by Gasteiger charge is -2.23. The average Bonchev–Trinajstić information content (AvgIpc) is 2.85. The van der Waals surface area contributed by atoms with Gasteiger partial charge in [0.1, 0.15) is 5.82 Å². The largest absolute Gasteiger partial charge is 0.378 e. The number of hydrogen-bond acceptors (Lipinski definition) is 2. The molecule has 1 aromatic carbocycles. The SMILES string of the molecule is CCNC(CC1CCCO1)c1cc(F)ccc1C. The van der Waals surface area contributed by atoms with E-state index in [0.29, 0.717) is 6.10 Å². The van der Waals surface area contributed by atoms with Crippen molar-refractivity contribution >= 4 is 0 Å². The first kappa shape index (κ1) is 13.5. The van der Waals surface area contributed by atoms with Crippen LogP contribution in [0.2, 0.25) is 0 Å². The lowest BCUT2D eigenvalue weighted by molar-refractivity contribution is 0.0946. The molecule has 1 aliphatic rings. The van der Waals surface area contributed by atoms with Gasteiger partial charge in [-0.1, -0.05) is 13.0 Å². The molecule has 1 aliphatic heterocycles. The standard InChI is InChI=1S/C15H22FNO/c1-3-17-15(10-13-5-4-8-18-13)14-9-12(16)7-6-11(14)2/h6-7,9,13,15,17H,3-5,8,10H2,1-2H3. The molecule has 0 aromatic heterocycles. The Morgan fingerprint density at radius 2 is 2.33 bits per heavy atom. The molecule has 0 radical (unpaired) electrons. The van der Waals surface area contributed by atoms with Crippen molar-refractivity contribution in [2.75, 3.05) is 13.2 Å². The second-order valence-corrected chi connectivity index (χ2v) is 4.98. The van der Waals surface area contributed by atoms with E-state index in [1.54, 1.807) is 6.07 Å². The maximum atomic E-state index is 13.4. The van der Waals surface area contributed by atoms with Gasteiger partial charge in [-0.25, -0.2) is 4.39 Å². The van der Waals surface area contributed by atoms with Crippen LogP contribution in [-0.2, 0) is 4.74 Å². The summed E-state index contributed by atoms with van der Waals surface area (Å²) in [4.78, 5) is 0. The number of rotatable bonds is 5. The lowest BCUT2D eigenvalue weighted by Crippen LogP contribution is -2.26. The highest BCUT2D eigenvalue weighted by Gasteiger charge is 2.22. The summed E-state index contributed by atoms with van der Waals surface area (Å²) < 4.78 is 19.1. The third kappa shape index (κ3) is 3.30. The highest BCUT2D eigenvalue weighted by molar-refractivity contribution is 5.29. The number of nitrogens with one attached hydrogen (secondary N) is 1. The summed E-state index contributed by atoms with van der Waals surface area (Å²) in [5.41, 5.74) is 2.20. The summed E-state index contributed by atoms with van der Waals surface area (Å²) in [6.07, 6.45) is 3.51. The summed E-state index contributed by atoms with van der Waals surface area (Å²) in [5, 5.41) is 3.45. The predicted molar refractivity (Wildman–Crippen MR) is 71.1 cm³/mol. The molecule has 1 fully saturated rings. The van der Waals surface area contributed by atoms with Crippen LogP contribution in [-0.4, -0.2) is 19.3 Å². The first-order chi connectivity index (χ1) is 8.70. The van der Waals surface area contributed by atoms with Crippen LogP contribution in [0.3, 0.4) is 0 Å². The third-order valence-corrected chi connectivity index (χ3v) is 3.59. The molecule has 2 nitrogen and oxygen atoms in total. The minimum absolute atomic E-state index is 0.161. The van der Waals surface area contributed by atoms with E-state index in [-0.39, 0.29) is 11.9 Å². The van der Waals surface area contributed by atoms with Gasteiger partial charge >= 0.3 is 0 Å². The molecule has 2 atom stereocenters. The van der Waals surface area contributed by atoms with Crippen LogP contribution in [0.1, 0.15) is 43.4 Å². The van der Waals surface area contributed by atoms with E-state index < -0.39 is 0 Å². The van der Waals surface area contributed by atoms with Gasteiger partial charge in [0.15, 0.2) is 0 Å². The zero-order valence-corrected chi connectivity index (χ0v) is 11.2. The molecule has 3 heteroatoms. The first-order valence-corrected chi connectivity index (χ1v) is 6.81. The molecule has 0 amide bonds. The van der Waals surface area contributed by atoms with Crippen LogP contribution >= 0.6 is 0 Å². The van der Waals surface area contributed by atoms with Gasteiger partial charge in [0, 0.05) is 12.6 Å². The van der Waals surface area contributed by atoms with Gasteiger partial charge < -0.3 is 10.1 Å². The molecule has 1 heterocycles. The van der Waals surface area contributed by atoms with Crippen LogP contribution < -0.4 is 5.32 Å². The zero-order chi connectivity index (χ0) is 13.0. The van der Waals surface area contributed by atoms with E-state index >= 15 is 0 Å². The summed E-state index contributed by atoms with van der Waals surface area (Å²) in [7, 11) is 0. The van der Waals surface area contributed by atoms with Crippen LogP contribution in [0.15, 0.2) is 18.2 Å². The molecule has 18 heavy (non-hydrogen) atoms. The van der Waals surface area contributed by atoms with Crippen molar-refractivity contribution in [3.8, 4) is 0 Å². The fraction of sp³-hybridized carbons (Fsp3) is 0.600. The van der Waals surface area contributed by atoms with Gasteiger partial charge in [-0.3, -0.25) is 0 Å². The predicted octanol–water partition coefficient (Wildman–Crippen LogP) is 3.35. The second-order valence-electron chi connectivity index (χ2n) is 4.98. The molecule has 0 aliphatic carbocycles. The molecule has 1 N–H and O–H groups in total. The van der Waals surface area contributed by atoms with E-state index in [0.717, 1.165) is 43.5 Å². The molecule has 1 saturated heterocycles. The van der Waals surface area contributed by atoms with Gasteiger partial charge in [-0.2, -0.15) is 0 Å². The number of benzene rings is 1. The number of hydrogen-bond donors (Lipinski definition) is 1. The number of aryl methyl sites for hydroxylation is 1. The van der Waals surface area contributed by atoms with Gasteiger partial charge in [0.2, 0.25) is 0 Å². The first-order valence-electron chi connectivity index (χ1n) is 6.81. The molecule has 2 rings (SSSR count). The molecule has 0 saturated carbocycles. The van der Waals surface area contributed by atoms with Crippen molar-refractivity contribution in [1.82, 2.24) is 5.32 Å². The Labute approximate surface area is 109 Å². The van der Waals surface area contributed by atoms with E-state index in [9.17, 15) is 4.39 Å². The Morgan fingerprint density at radius 3 is 3.00 bits per heavy atom. The zero-order valence-electron chi connectivity index (χ0n) is 11.2. The molecule has 0 bridgehead atoms. The minimum Gasteiger partial charge on any atom is -0.378 e.